The van der Waals surface area contributed by atoms with Gasteiger partial charge in [-0.3, -0.25) is 10.1 Å². The molecule has 0 aliphatic carbocycles. The summed E-state index contributed by atoms with van der Waals surface area (Å²) in [4.78, 5) is 22.5. The minimum Gasteiger partial charge on any atom is -0.450 e. The smallest absolute Gasteiger partial charge is 0.413 e. The maximum Gasteiger partial charge on any atom is 0.413 e. The second-order valence-corrected chi connectivity index (χ2v) is 6.60. The Morgan fingerprint density at radius 3 is 1.84 bits per heavy atom. The Morgan fingerprint density at radius 1 is 0.760 bits per heavy atom. The molecule has 0 aliphatic rings. The van der Waals surface area contributed by atoms with Crippen LogP contribution in [0.5, 0.6) is 0 Å². The van der Waals surface area contributed by atoms with Crippen molar-refractivity contribution in [2.75, 3.05) is 6.61 Å². The van der Waals surface area contributed by atoms with Gasteiger partial charge in [0, 0.05) is 6.42 Å². The van der Waals surface area contributed by atoms with Gasteiger partial charge in [0.2, 0.25) is 5.91 Å². The van der Waals surface area contributed by atoms with E-state index >= 15 is 0 Å². The molecule has 25 heavy (non-hydrogen) atoms. The molecule has 0 aromatic carbocycles. The Kier molecular flexibility index (Phi) is 18.0. The van der Waals surface area contributed by atoms with Gasteiger partial charge in [0.15, 0.2) is 0 Å². The molecule has 4 heteroatoms. The first-order valence-corrected chi connectivity index (χ1v) is 10.3. The number of allylic oxidation sites excluding steroid dienone is 2. The summed E-state index contributed by atoms with van der Waals surface area (Å²) in [6, 6.07) is 0. The number of amides is 2. The normalized spacial score (nSPS) is 11.0. The second kappa shape index (κ2) is 19.0. The molecule has 0 saturated heterocycles. The molecule has 2 amide bonds. The van der Waals surface area contributed by atoms with E-state index in [1.165, 1.54) is 64.2 Å². The first-order valence-electron chi connectivity index (χ1n) is 10.3. The number of carbonyl (C=O) groups excluding carboxylic acids is 2. The predicted octanol–water partition coefficient (Wildman–Crippen LogP) is 6.30. The molecule has 0 aromatic rings. The van der Waals surface area contributed by atoms with E-state index in [0.717, 1.165) is 19.3 Å². The van der Waals surface area contributed by atoms with E-state index in [1.54, 1.807) is 6.92 Å². The molecule has 0 radical (unpaired) electrons. The molecule has 0 saturated carbocycles. The molecular formula is C21H39NO3. The standard InChI is InChI=1S/C21H39NO3/c1-3-5-6-7-8-9-10-11-12-13-14-15-16-17-18-19-20(23)22-21(24)25-4-2/h11-12H,3-10,13-19H2,1-2H3,(H,22,23,24)/b12-11-. The monoisotopic (exact) mass is 353 g/mol. The van der Waals surface area contributed by atoms with Gasteiger partial charge in [0.05, 0.1) is 6.61 Å². The van der Waals surface area contributed by atoms with Crippen molar-refractivity contribution in [3.05, 3.63) is 12.2 Å². The lowest BCUT2D eigenvalue weighted by Gasteiger charge is -2.04. The summed E-state index contributed by atoms with van der Waals surface area (Å²) >= 11 is 0. The molecule has 0 spiro atoms. The maximum absolute atomic E-state index is 11.4. The van der Waals surface area contributed by atoms with E-state index in [2.05, 4.69) is 29.1 Å². The van der Waals surface area contributed by atoms with Gasteiger partial charge in [0.25, 0.3) is 0 Å². The van der Waals surface area contributed by atoms with Gasteiger partial charge in [-0.1, -0.05) is 70.4 Å². The van der Waals surface area contributed by atoms with Crippen LogP contribution < -0.4 is 5.32 Å². The van der Waals surface area contributed by atoms with Crippen LogP contribution in [-0.2, 0) is 9.53 Å². The summed E-state index contributed by atoms with van der Waals surface area (Å²) in [5, 5.41) is 2.22. The van der Waals surface area contributed by atoms with Crippen LogP contribution in [0.3, 0.4) is 0 Å². The van der Waals surface area contributed by atoms with Crippen LogP contribution >= 0.6 is 0 Å². The number of unbranched alkanes of at least 4 members (excludes halogenated alkanes) is 11. The molecule has 0 unspecified atom stereocenters. The zero-order valence-electron chi connectivity index (χ0n) is 16.5. The summed E-state index contributed by atoms with van der Waals surface area (Å²) in [6.45, 7) is 4.26. The summed E-state index contributed by atoms with van der Waals surface area (Å²) < 4.78 is 4.66. The minimum absolute atomic E-state index is 0.240. The van der Waals surface area contributed by atoms with E-state index in [-0.39, 0.29) is 12.5 Å². The fourth-order valence-electron chi connectivity index (χ4n) is 2.70. The van der Waals surface area contributed by atoms with Gasteiger partial charge in [-0.2, -0.15) is 0 Å². The third-order valence-corrected chi connectivity index (χ3v) is 4.18. The van der Waals surface area contributed by atoms with Crippen LogP contribution in [0.1, 0.15) is 104 Å². The zero-order chi connectivity index (χ0) is 18.6. The Morgan fingerprint density at radius 2 is 1.28 bits per heavy atom. The Labute approximate surface area is 154 Å². The maximum atomic E-state index is 11.4. The lowest BCUT2D eigenvalue weighted by atomic mass is 10.1. The Hall–Kier alpha value is -1.32. The molecule has 1 N–H and O–H groups in total. The van der Waals surface area contributed by atoms with Crippen molar-refractivity contribution in [1.29, 1.82) is 0 Å². The fraction of sp³-hybridized carbons (Fsp3) is 0.810. The van der Waals surface area contributed by atoms with Crippen LogP contribution in [0.25, 0.3) is 0 Å². The third-order valence-electron chi connectivity index (χ3n) is 4.18. The third kappa shape index (κ3) is 18.9. The van der Waals surface area contributed by atoms with Crippen molar-refractivity contribution in [2.45, 2.75) is 104 Å². The average Bonchev–Trinajstić information content (AvgIpc) is 2.58. The number of nitrogens with one attached hydrogen (secondary N) is 1. The van der Waals surface area contributed by atoms with Crippen LogP contribution in [0.2, 0.25) is 0 Å². The summed E-state index contributed by atoms with van der Waals surface area (Å²) in [6.07, 6.45) is 20.4. The molecule has 4 nitrogen and oxygen atoms in total. The lowest BCUT2D eigenvalue weighted by Crippen LogP contribution is -2.30. The molecule has 0 rings (SSSR count). The highest BCUT2D eigenvalue weighted by Gasteiger charge is 2.06. The highest BCUT2D eigenvalue weighted by Crippen LogP contribution is 2.09. The van der Waals surface area contributed by atoms with Gasteiger partial charge >= 0.3 is 6.09 Å². The van der Waals surface area contributed by atoms with Crippen LogP contribution in [0.15, 0.2) is 12.2 Å². The summed E-state index contributed by atoms with van der Waals surface area (Å²) in [7, 11) is 0. The number of hydrogen-bond acceptors (Lipinski definition) is 3. The van der Waals surface area contributed by atoms with Crippen LogP contribution in [-0.4, -0.2) is 18.6 Å². The van der Waals surface area contributed by atoms with E-state index < -0.39 is 6.09 Å². The number of imide groups is 1. The summed E-state index contributed by atoms with van der Waals surface area (Å²) in [5.74, 6) is -0.240. The van der Waals surface area contributed by atoms with E-state index in [0.29, 0.717) is 6.42 Å². The first-order chi connectivity index (χ1) is 12.2. The molecular weight excluding hydrogens is 314 g/mol. The number of carbonyl (C=O) groups is 2. The van der Waals surface area contributed by atoms with Gasteiger partial charge in [-0.25, -0.2) is 4.79 Å². The van der Waals surface area contributed by atoms with Crippen molar-refractivity contribution >= 4 is 12.0 Å². The Bertz CT molecular complexity index is 353. The summed E-state index contributed by atoms with van der Waals surface area (Å²) in [5.41, 5.74) is 0. The molecule has 0 heterocycles. The molecule has 0 aliphatic heterocycles. The van der Waals surface area contributed by atoms with Gasteiger partial charge in [0.1, 0.15) is 0 Å². The average molecular weight is 354 g/mol. The number of hydrogen-bond donors (Lipinski definition) is 1. The Balaban J connectivity index is 3.26. The number of alkyl carbamates (subject to hydrolysis) is 1. The molecule has 0 bridgehead atoms. The van der Waals surface area contributed by atoms with E-state index in [4.69, 9.17) is 0 Å². The quantitative estimate of drug-likeness (QED) is 0.262. The fourth-order valence-corrected chi connectivity index (χ4v) is 2.70. The molecule has 0 aromatic heterocycles. The highest BCUT2D eigenvalue weighted by atomic mass is 16.5. The SMILES string of the molecule is CCCCCCCC/C=C\CCCCCCCC(=O)NC(=O)OCC. The van der Waals surface area contributed by atoms with Crippen molar-refractivity contribution in [1.82, 2.24) is 5.32 Å². The topological polar surface area (TPSA) is 55.4 Å². The number of rotatable bonds is 16. The number of ether oxygens (including phenoxy) is 1. The second-order valence-electron chi connectivity index (χ2n) is 6.60. The molecule has 0 fully saturated rings. The predicted molar refractivity (Wildman–Crippen MR) is 105 cm³/mol. The lowest BCUT2D eigenvalue weighted by molar-refractivity contribution is -0.120. The van der Waals surface area contributed by atoms with E-state index in [9.17, 15) is 9.59 Å². The van der Waals surface area contributed by atoms with Gasteiger partial charge in [-0.05, 0) is 39.0 Å². The van der Waals surface area contributed by atoms with Gasteiger partial charge < -0.3 is 4.74 Å². The zero-order valence-corrected chi connectivity index (χ0v) is 16.5. The van der Waals surface area contributed by atoms with Crippen molar-refractivity contribution in [2.24, 2.45) is 0 Å². The molecule has 0 atom stereocenters. The van der Waals surface area contributed by atoms with Crippen molar-refractivity contribution in [3.8, 4) is 0 Å². The van der Waals surface area contributed by atoms with Crippen molar-refractivity contribution in [3.63, 3.8) is 0 Å². The van der Waals surface area contributed by atoms with Crippen LogP contribution in [0.4, 0.5) is 4.79 Å². The van der Waals surface area contributed by atoms with Gasteiger partial charge in [-0.15, -0.1) is 0 Å². The minimum atomic E-state index is -0.639. The highest BCUT2D eigenvalue weighted by molar-refractivity contribution is 5.91. The first kappa shape index (κ1) is 23.7. The van der Waals surface area contributed by atoms with Crippen LogP contribution in [0, 0.1) is 0 Å². The van der Waals surface area contributed by atoms with E-state index in [1.807, 2.05) is 0 Å². The largest absolute Gasteiger partial charge is 0.450 e. The van der Waals surface area contributed by atoms with Crippen molar-refractivity contribution < 1.29 is 14.3 Å². The molecule has 146 valence electrons.